The molecule has 138 valence electrons. The topological polar surface area (TPSA) is 58.6 Å². The van der Waals surface area contributed by atoms with Crippen molar-refractivity contribution < 1.29 is 14.3 Å². The Hall–Kier alpha value is -2.37. The third-order valence-corrected chi connectivity index (χ3v) is 4.21. The second-order valence-corrected chi connectivity index (χ2v) is 6.19. The molecule has 0 bridgehead atoms. The summed E-state index contributed by atoms with van der Waals surface area (Å²) < 4.78 is 5.10. The Kier molecular flexibility index (Phi) is 8.12. The molecule has 0 aliphatic rings. The molecule has 0 spiro atoms. The average molecular weight is 375 g/mol. The van der Waals surface area contributed by atoms with Gasteiger partial charge in [0.25, 0.3) is 5.91 Å². The van der Waals surface area contributed by atoms with Crippen molar-refractivity contribution in [2.24, 2.45) is 0 Å². The van der Waals surface area contributed by atoms with Crippen LogP contribution in [0.15, 0.2) is 54.6 Å². The molecule has 6 heteroatoms. The molecule has 0 fully saturated rings. The summed E-state index contributed by atoms with van der Waals surface area (Å²) in [6.45, 7) is 1.73. The molecule has 0 aliphatic heterocycles. The predicted octanol–water partition coefficient (Wildman–Crippen LogP) is 3.14. The van der Waals surface area contributed by atoms with Crippen molar-refractivity contribution in [2.45, 2.75) is 13.0 Å². The van der Waals surface area contributed by atoms with Gasteiger partial charge in [-0.05, 0) is 17.7 Å². The van der Waals surface area contributed by atoms with Crippen LogP contribution in [0.25, 0.3) is 0 Å². The highest BCUT2D eigenvalue weighted by atomic mass is 35.5. The number of carbonyl (C=O) groups is 2. The van der Waals surface area contributed by atoms with Crippen molar-refractivity contribution in [3.8, 4) is 0 Å². The molecule has 0 saturated heterocycles. The number of nitrogens with one attached hydrogen (secondary N) is 1. The summed E-state index contributed by atoms with van der Waals surface area (Å²) in [5.74, 6) is -0.319. The number of halogens is 1. The van der Waals surface area contributed by atoms with Gasteiger partial charge >= 0.3 is 0 Å². The number of amides is 2. The van der Waals surface area contributed by atoms with E-state index < -0.39 is 0 Å². The summed E-state index contributed by atoms with van der Waals surface area (Å²) in [5, 5.41) is 3.13. The Morgan fingerprint density at radius 3 is 2.46 bits per heavy atom. The SMILES string of the molecule is COCCN(Cc1ccccc1)C(=O)CCNC(=O)c1ccccc1Cl. The van der Waals surface area contributed by atoms with Gasteiger partial charge in [-0.1, -0.05) is 54.1 Å². The molecule has 2 aromatic carbocycles. The lowest BCUT2D eigenvalue weighted by Gasteiger charge is -2.22. The molecule has 0 aliphatic carbocycles. The maximum absolute atomic E-state index is 12.5. The fourth-order valence-corrected chi connectivity index (χ4v) is 2.70. The maximum Gasteiger partial charge on any atom is 0.252 e. The highest BCUT2D eigenvalue weighted by molar-refractivity contribution is 6.33. The summed E-state index contributed by atoms with van der Waals surface area (Å²) in [6, 6.07) is 16.6. The zero-order chi connectivity index (χ0) is 18.8. The number of hydrogen-bond donors (Lipinski definition) is 1. The smallest absolute Gasteiger partial charge is 0.252 e. The van der Waals surface area contributed by atoms with Gasteiger partial charge in [0.15, 0.2) is 0 Å². The van der Waals surface area contributed by atoms with Gasteiger partial charge in [0.1, 0.15) is 0 Å². The zero-order valence-corrected chi connectivity index (χ0v) is 15.5. The van der Waals surface area contributed by atoms with E-state index in [1.165, 1.54) is 0 Å². The molecule has 2 aromatic rings. The molecule has 0 atom stereocenters. The number of methoxy groups -OCH3 is 1. The van der Waals surface area contributed by atoms with Crippen LogP contribution in [0.4, 0.5) is 0 Å². The number of carbonyl (C=O) groups excluding carboxylic acids is 2. The third kappa shape index (κ3) is 6.17. The van der Waals surface area contributed by atoms with E-state index in [4.69, 9.17) is 16.3 Å². The predicted molar refractivity (Wildman–Crippen MR) is 102 cm³/mol. The minimum Gasteiger partial charge on any atom is -0.383 e. The van der Waals surface area contributed by atoms with Crippen LogP contribution >= 0.6 is 11.6 Å². The van der Waals surface area contributed by atoms with Crippen molar-refractivity contribution in [1.82, 2.24) is 10.2 Å². The Morgan fingerprint density at radius 1 is 1.08 bits per heavy atom. The number of ether oxygens (including phenoxy) is 1. The van der Waals surface area contributed by atoms with Gasteiger partial charge in [0.2, 0.25) is 5.91 Å². The minimum atomic E-state index is -0.282. The van der Waals surface area contributed by atoms with Crippen molar-refractivity contribution in [3.05, 3.63) is 70.7 Å². The van der Waals surface area contributed by atoms with E-state index >= 15 is 0 Å². The Morgan fingerprint density at radius 2 is 1.77 bits per heavy atom. The van der Waals surface area contributed by atoms with Crippen LogP contribution in [0.5, 0.6) is 0 Å². The summed E-state index contributed by atoms with van der Waals surface area (Å²) in [5.41, 5.74) is 1.46. The second-order valence-electron chi connectivity index (χ2n) is 5.78. The van der Waals surface area contributed by atoms with E-state index in [9.17, 15) is 9.59 Å². The van der Waals surface area contributed by atoms with E-state index in [2.05, 4.69) is 5.32 Å². The normalized spacial score (nSPS) is 10.4. The van der Waals surface area contributed by atoms with E-state index in [1.54, 1.807) is 36.3 Å². The quantitative estimate of drug-likeness (QED) is 0.733. The van der Waals surface area contributed by atoms with E-state index in [-0.39, 0.29) is 24.8 Å². The number of nitrogens with zero attached hydrogens (tertiary/aromatic N) is 1. The number of hydrogen-bond acceptors (Lipinski definition) is 3. The van der Waals surface area contributed by atoms with Crippen molar-refractivity contribution in [1.29, 1.82) is 0 Å². The average Bonchev–Trinajstić information content (AvgIpc) is 2.66. The van der Waals surface area contributed by atoms with Gasteiger partial charge in [-0.3, -0.25) is 9.59 Å². The summed E-state index contributed by atoms with van der Waals surface area (Å²) in [7, 11) is 1.61. The molecular weight excluding hydrogens is 352 g/mol. The van der Waals surface area contributed by atoms with Gasteiger partial charge in [0, 0.05) is 33.2 Å². The molecule has 0 unspecified atom stereocenters. The van der Waals surface area contributed by atoms with Crippen LogP contribution in [0.1, 0.15) is 22.3 Å². The van der Waals surface area contributed by atoms with Gasteiger partial charge in [-0.15, -0.1) is 0 Å². The molecule has 0 saturated carbocycles. The molecule has 0 heterocycles. The summed E-state index contributed by atoms with van der Waals surface area (Å²) in [4.78, 5) is 26.4. The van der Waals surface area contributed by atoms with Crippen LogP contribution < -0.4 is 5.32 Å². The first-order valence-electron chi connectivity index (χ1n) is 8.45. The van der Waals surface area contributed by atoms with Crippen LogP contribution in [0.2, 0.25) is 5.02 Å². The minimum absolute atomic E-state index is 0.0367. The second kappa shape index (κ2) is 10.6. The Bertz CT molecular complexity index is 722. The molecule has 26 heavy (non-hydrogen) atoms. The Labute approximate surface area is 158 Å². The monoisotopic (exact) mass is 374 g/mol. The molecule has 0 radical (unpaired) electrons. The standard InChI is InChI=1S/C20H23ClN2O3/c1-26-14-13-23(15-16-7-3-2-4-8-16)19(24)11-12-22-20(25)17-9-5-6-10-18(17)21/h2-10H,11-15H2,1H3,(H,22,25). The molecule has 5 nitrogen and oxygen atoms in total. The summed E-state index contributed by atoms with van der Waals surface area (Å²) >= 11 is 6.01. The fourth-order valence-electron chi connectivity index (χ4n) is 2.48. The van der Waals surface area contributed by atoms with Crippen LogP contribution in [0, 0.1) is 0 Å². The van der Waals surface area contributed by atoms with Crippen molar-refractivity contribution >= 4 is 23.4 Å². The molecule has 0 aromatic heterocycles. The van der Waals surface area contributed by atoms with E-state index in [0.29, 0.717) is 30.3 Å². The largest absolute Gasteiger partial charge is 0.383 e. The number of rotatable bonds is 9. The first-order valence-corrected chi connectivity index (χ1v) is 8.83. The van der Waals surface area contributed by atoms with Crippen LogP contribution in [-0.2, 0) is 16.1 Å². The van der Waals surface area contributed by atoms with Crippen molar-refractivity contribution in [2.75, 3.05) is 26.8 Å². The fraction of sp³-hybridized carbons (Fsp3) is 0.300. The summed E-state index contributed by atoms with van der Waals surface area (Å²) in [6.07, 6.45) is 0.215. The van der Waals surface area contributed by atoms with Crippen molar-refractivity contribution in [3.63, 3.8) is 0 Å². The zero-order valence-electron chi connectivity index (χ0n) is 14.8. The first kappa shape index (κ1) is 19.9. The lowest BCUT2D eigenvalue weighted by atomic mass is 10.2. The molecular formula is C20H23ClN2O3. The lowest BCUT2D eigenvalue weighted by Crippen LogP contribution is -2.36. The van der Waals surface area contributed by atoms with Crippen LogP contribution in [-0.4, -0.2) is 43.5 Å². The van der Waals surface area contributed by atoms with Gasteiger partial charge in [0.05, 0.1) is 17.2 Å². The third-order valence-electron chi connectivity index (χ3n) is 3.88. The van der Waals surface area contributed by atoms with Crippen LogP contribution in [0.3, 0.4) is 0 Å². The highest BCUT2D eigenvalue weighted by Gasteiger charge is 2.15. The highest BCUT2D eigenvalue weighted by Crippen LogP contribution is 2.14. The van der Waals surface area contributed by atoms with E-state index in [1.807, 2.05) is 30.3 Å². The maximum atomic E-state index is 12.5. The van der Waals surface area contributed by atoms with Gasteiger partial charge < -0.3 is 15.0 Å². The van der Waals surface area contributed by atoms with E-state index in [0.717, 1.165) is 5.56 Å². The Balaban J connectivity index is 1.88. The lowest BCUT2D eigenvalue weighted by molar-refractivity contribution is -0.132. The first-order chi connectivity index (χ1) is 12.6. The molecule has 2 rings (SSSR count). The molecule has 2 amide bonds. The van der Waals surface area contributed by atoms with Gasteiger partial charge in [-0.25, -0.2) is 0 Å². The molecule has 1 N–H and O–H groups in total. The number of benzene rings is 2. The van der Waals surface area contributed by atoms with Gasteiger partial charge in [-0.2, -0.15) is 0 Å².